The lowest BCUT2D eigenvalue weighted by molar-refractivity contribution is 0.396. The predicted molar refractivity (Wildman–Crippen MR) is 50.1 cm³/mol. The molecule has 1 aromatic rings. The van der Waals surface area contributed by atoms with E-state index < -0.39 is 11.0 Å². The third-order valence-electron chi connectivity index (χ3n) is 1.80. The fourth-order valence-electron chi connectivity index (χ4n) is 1.29. The van der Waals surface area contributed by atoms with Crippen molar-refractivity contribution in [3.63, 3.8) is 0 Å². The SMILES string of the molecule is Cc1cc(O)c(C(C)(C)C)c(=O)o1. The molecule has 0 amide bonds. The van der Waals surface area contributed by atoms with Crippen LogP contribution in [-0.2, 0) is 5.41 Å². The van der Waals surface area contributed by atoms with Crippen molar-refractivity contribution < 1.29 is 9.52 Å². The van der Waals surface area contributed by atoms with E-state index in [0.29, 0.717) is 11.3 Å². The van der Waals surface area contributed by atoms with Crippen molar-refractivity contribution in [1.29, 1.82) is 0 Å². The van der Waals surface area contributed by atoms with Crippen LogP contribution in [0.2, 0.25) is 0 Å². The van der Waals surface area contributed by atoms with Crippen molar-refractivity contribution in [3.05, 3.63) is 27.8 Å². The Labute approximate surface area is 77.0 Å². The molecule has 0 bridgehead atoms. The Hall–Kier alpha value is -1.25. The molecule has 1 N–H and O–H groups in total. The van der Waals surface area contributed by atoms with E-state index in [9.17, 15) is 9.90 Å². The van der Waals surface area contributed by atoms with Crippen LogP contribution in [0.25, 0.3) is 0 Å². The Morgan fingerprint density at radius 3 is 2.31 bits per heavy atom. The van der Waals surface area contributed by atoms with Crippen LogP contribution in [0.4, 0.5) is 0 Å². The van der Waals surface area contributed by atoms with Gasteiger partial charge in [0.05, 0.1) is 5.56 Å². The summed E-state index contributed by atoms with van der Waals surface area (Å²) in [4.78, 5) is 11.4. The smallest absolute Gasteiger partial charge is 0.343 e. The molecule has 0 saturated carbocycles. The number of hydrogen-bond acceptors (Lipinski definition) is 3. The van der Waals surface area contributed by atoms with Crippen molar-refractivity contribution in [1.82, 2.24) is 0 Å². The van der Waals surface area contributed by atoms with Gasteiger partial charge in [0.2, 0.25) is 0 Å². The first kappa shape index (κ1) is 9.84. The summed E-state index contributed by atoms with van der Waals surface area (Å²) >= 11 is 0. The van der Waals surface area contributed by atoms with Crippen LogP contribution in [0.3, 0.4) is 0 Å². The fourth-order valence-corrected chi connectivity index (χ4v) is 1.29. The Kier molecular flexibility index (Phi) is 2.20. The molecule has 1 rings (SSSR count). The average Bonchev–Trinajstić information content (AvgIpc) is 1.78. The maximum atomic E-state index is 11.4. The van der Waals surface area contributed by atoms with Gasteiger partial charge in [0, 0.05) is 6.07 Å². The normalized spacial score (nSPS) is 11.7. The van der Waals surface area contributed by atoms with Gasteiger partial charge in [0.15, 0.2) is 0 Å². The van der Waals surface area contributed by atoms with E-state index in [0.717, 1.165) is 0 Å². The second-order valence-electron chi connectivity index (χ2n) is 4.15. The molecule has 72 valence electrons. The van der Waals surface area contributed by atoms with E-state index in [1.165, 1.54) is 6.07 Å². The van der Waals surface area contributed by atoms with Gasteiger partial charge >= 0.3 is 5.63 Å². The molecular weight excluding hydrogens is 168 g/mol. The molecule has 0 radical (unpaired) electrons. The minimum absolute atomic E-state index is 0.0150. The molecule has 0 spiro atoms. The van der Waals surface area contributed by atoms with Crippen LogP contribution >= 0.6 is 0 Å². The quantitative estimate of drug-likeness (QED) is 0.667. The minimum Gasteiger partial charge on any atom is -0.507 e. The minimum atomic E-state index is -0.454. The van der Waals surface area contributed by atoms with Crippen molar-refractivity contribution in [2.75, 3.05) is 0 Å². The largest absolute Gasteiger partial charge is 0.507 e. The predicted octanol–water partition coefficient (Wildman–Crippen LogP) is 1.95. The van der Waals surface area contributed by atoms with Crippen LogP contribution < -0.4 is 5.63 Å². The molecule has 0 aromatic carbocycles. The molecular formula is C10H14O3. The van der Waals surface area contributed by atoms with Crippen molar-refractivity contribution >= 4 is 0 Å². The molecule has 1 aromatic heterocycles. The van der Waals surface area contributed by atoms with Crippen LogP contribution in [-0.4, -0.2) is 5.11 Å². The van der Waals surface area contributed by atoms with E-state index in [1.807, 2.05) is 20.8 Å². The first-order chi connectivity index (χ1) is 5.82. The van der Waals surface area contributed by atoms with E-state index in [4.69, 9.17) is 4.42 Å². The molecule has 13 heavy (non-hydrogen) atoms. The first-order valence-electron chi connectivity index (χ1n) is 4.16. The summed E-state index contributed by atoms with van der Waals surface area (Å²) in [6, 6.07) is 1.46. The molecule has 0 fully saturated rings. The van der Waals surface area contributed by atoms with Gasteiger partial charge < -0.3 is 9.52 Å². The zero-order chi connectivity index (χ0) is 10.2. The lowest BCUT2D eigenvalue weighted by Crippen LogP contribution is -2.22. The third-order valence-corrected chi connectivity index (χ3v) is 1.80. The van der Waals surface area contributed by atoms with Crippen LogP contribution in [0.1, 0.15) is 32.1 Å². The maximum Gasteiger partial charge on any atom is 0.343 e. The third kappa shape index (κ3) is 1.91. The Morgan fingerprint density at radius 2 is 1.92 bits per heavy atom. The summed E-state index contributed by atoms with van der Waals surface area (Å²) in [6.45, 7) is 7.20. The Morgan fingerprint density at radius 1 is 1.38 bits per heavy atom. The molecule has 1 heterocycles. The van der Waals surface area contributed by atoms with Crippen LogP contribution in [0, 0.1) is 6.92 Å². The van der Waals surface area contributed by atoms with Gasteiger partial charge in [-0.2, -0.15) is 0 Å². The topological polar surface area (TPSA) is 50.4 Å². The number of hydrogen-bond donors (Lipinski definition) is 1. The highest BCUT2D eigenvalue weighted by molar-refractivity contribution is 5.34. The Bertz CT molecular complexity index is 369. The van der Waals surface area contributed by atoms with Gasteiger partial charge in [-0.05, 0) is 12.3 Å². The standard InChI is InChI=1S/C10H14O3/c1-6-5-7(11)8(9(12)13-6)10(2,3)4/h5,11H,1-4H3. The van der Waals surface area contributed by atoms with E-state index in [2.05, 4.69) is 0 Å². The van der Waals surface area contributed by atoms with Crippen LogP contribution in [0.5, 0.6) is 5.75 Å². The van der Waals surface area contributed by atoms with Gasteiger partial charge in [-0.3, -0.25) is 0 Å². The van der Waals surface area contributed by atoms with E-state index >= 15 is 0 Å². The van der Waals surface area contributed by atoms with E-state index in [1.54, 1.807) is 6.92 Å². The number of rotatable bonds is 0. The summed E-state index contributed by atoms with van der Waals surface area (Å²) in [7, 11) is 0. The highest BCUT2D eigenvalue weighted by Gasteiger charge is 2.23. The first-order valence-corrected chi connectivity index (χ1v) is 4.16. The summed E-state index contributed by atoms with van der Waals surface area (Å²) in [6.07, 6.45) is 0. The van der Waals surface area contributed by atoms with E-state index in [-0.39, 0.29) is 5.75 Å². The summed E-state index contributed by atoms with van der Waals surface area (Å²) in [5.41, 5.74) is -0.513. The zero-order valence-electron chi connectivity index (χ0n) is 8.34. The summed E-state index contributed by atoms with van der Waals surface area (Å²) < 4.78 is 4.90. The second-order valence-corrected chi connectivity index (χ2v) is 4.15. The average molecular weight is 182 g/mol. The number of aromatic hydroxyl groups is 1. The molecule has 0 saturated heterocycles. The van der Waals surface area contributed by atoms with Crippen molar-refractivity contribution in [3.8, 4) is 5.75 Å². The molecule has 0 aliphatic rings. The lowest BCUT2D eigenvalue weighted by atomic mass is 9.87. The van der Waals surface area contributed by atoms with Gasteiger partial charge in [-0.15, -0.1) is 0 Å². The van der Waals surface area contributed by atoms with Gasteiger partial charge in [0.1, 0.15) is 11.5 Å². The number of aryl methyl sites for hydroxylation is 1. The molecule has 0 unspecified atom stereocenters. The highest BCUT2D eigenvalue weighted by Crippen LogP contribution is 2.27. The van der Waals surface area contributed by atoms with Crippen LogP contribution in [0.15, 0.2) is 15.3 Å². The van der Waals surface area contributed by atoms with Gasteiger partial charge in [-0.25, -0.2) is 4.79 Å². The lowest BCUT2D eigenvalue weighted by Gasteiger charge is -2.18. The van der Waals surface area contributed by atoms with Gasteiger partial charge in [-0.1, -0.05) is 20.8 Å². The highest BCUT2D eigenvalue weighted by atomic mass is 16.4. The maximum absolute atomic E-state index is 11.4. The molecule has 0 aliphatic heterocycles. The zero-order valence-corrected chi connectivity index (χ0v) is 8.34. The summed E-state index contributed by atoms with van der Waals surface area (Å²) in [5, 5.41) is 9.55. The van der Waals surface area contributed by atoms with Crippen molar-refractivity contribution in [2.24, 2.45) is 0 Å². The van der Waals surface area contributed by atoms with Gasteiger partial charge in [0.25, 0.3) is 0 Å². The fraction of sp³-hybridized carbons (Fsp3) is 0.500. The monoisotopic (exact) mass is 182 g/mol. The molecule has 3 nitrogen and oxygen atoms in total. The molecule has 3 heteroatoms. The molecule has 0 aliphatic carbocycles. The second kappa shape index (κ2) is 2.91. The van der Waals surface area contributed by atoms with Crippen molar-refractivity contribution in [2.45, 2.75) is 33.1 Å². The summed E-state index contributed by atoms with van der Waals surface area (Å²) in [5.74, 6) is 0.441. The Balaban J connectivity index is 3.47. The molecule has 0 atom stereocenters.